The van der Waals surface area contributed by atoms with E-state index in [1.54, 1.807) is 12.1 Å². The van der Waals surface area contributed by atoms with E-state index >= 15 is 0 Å². The summed E-state index contributed by atoms with van der Waals surface area (Å²) < 4.78 is 10.7. The van der Waals surface area contributed by atoms with Gasteiger partial charge in [0.25, 0.3) is 5.91 Å². The van der Waals surface area contributed by atoms with Gasteiger partial charge in [0.15, 0.2) is 11.5 Å². The number of rotatable bonds is 5. The Kier molecular flexibility index (Phi) is 5.50. The number of aryl methyl sites for hydroxylation is 2. The van der Waals surface area contributed by atoms with Crippen molar-refractivity contribution in [1.82, 2.24) is 0 Å². The van der Waals surface area contributed by atoms with E-state index in [1.807, 2.05) is 39.0 Å². The zero-order valence-electron chi connectivity index (χ0n) is 13.7. The molecule has 0 unspecified atom stereocenters. The van der Waals surface area contributed by atoms with E-state index in [0.29, 0.717) is 28.7 Å². The highest BCUT2D eigenvalue weighted by atomic mass is 35.5. The van der Waals surface area contributed by atoms with Crippen molar-refractivity contribution in [2.45, 2.75) is 20.8 Å². The molecule has 0 aliphatic rings. The number of hydrogen-bond donors (Lipinski definition) is 1. The number of benzene rings is 2. The lowest BCUT2D eigenvalue weighted by Crippen LogP contribution is -2.13. The minimum Gasteiger partial charge on any atom is -0.493 e. The predicted molar refractivity (Wildman–Crippen MR) is 93.0 cm³/mol. The van der Waals surface area contributed by atoms with Gasteiger partial charge in [0.05, 0.1) is 18.7 Å². The van der Waals surface area contributed by atoms with Crippen LogP contribution in [0.25, 0.3) is 0 Å². The number of amides is 1. The number of anilines is 1. The van der Waals surface area contributed by atoms with Crippen LogP contribution in [0.4, 0.5) is 5.69 Å². The number of carbonyl (C=O) groups is 1. The minimum absolute atomic E-state index is 0.248. The standard InChI is InChI=1S/C18H20ClNO3/c1-5-23-17-14(19)9-13(10-16(17)22-4)18(21)20-15-8-11(2)6-7-12(15)3/h6-10H,5H2,1-4H3,(H,20,21). The summed E-state index contributed by atoms with van der Waals surface area (Å²) in [6.45, 7) is 6.24. The SMILES string of the molecule is CCOc1c(Cl)cc(C(=O)Nc2cc(C)ccc2C)cc1OC. The highest BCUT2D eigenvalue weighted by Crippen LogP contribution is 2.36. The third-order valence-corrected chi connectivity index (χ3v) is 3.70. The van der Waals surface area contributed by atoms with Crippen molar-refractivity contribution < 1.29 is 14.3 Å². The maximum atomic E-state index is 12.5. The zero-order valence-corrected chi connectivity index (χ0v) is 14.5. The largest absolute Gasteiger partial charge is 0.493 e. The lowest BCUT2D eigenvalue weighted by Gasteiger charge is -2.14. The first-order valence-electron chi connectivity index (χ1n) is 7.35. The number of nitrogens with one attached hydrogen (secondary N) is 1. The molecule has 0 spiro atoms. The molecule has 2 rings (SSSR count). The molecule has 2 aromatic rings. The van der Waals surface area contributed by atoms with Crippen molar-refractivity contribution in [3.63, 3.8) is 0 Å². The third kappa shape index (κ3) is 3.96. The lowest BCUT2D eigenvalue weighted by molar-refractivity contribution is 0.102. The van der Waals surface area contributed by atoms with Crippen molar-refractivity contribution >= 4 is 23.2 Å². The second-order valence-electron chi connectivity index (χ2n) is 5.19. The first-order chi connectivity index (χ1) is 11.0. The zero-order chi connectivity index (χ0) is 17.0. The second-order valence-corrected chi connectivity index (χ2v) is 5.60. The molecule has 122 valence electrons. The quantitative estimate of drug-likeness (QED) is 0.868. The average molecular weight is 334 g/mol. The lowest BCUT2D eigenvalue weighted by atomic mass is 10.1. The molecule has 0 aliphatic carbocycles. The Morgan fingerprint density at radius 3 is 2.61 bits per heavy atom. The number of carbonyl (C=O) groups excluding carboxylic acids is 1. The molecule has 4 nitrogen and oxygen atoms in total. The van der Waals surface area contributed by atoms with E-state index in [-0.39, 0.29) is 5.91 Å². The molecule has 5 heteroatoms. The molecule has 23 heavy (non-hydrogen) atoms. The van der Waals surface area contributed by atoms with Crippen LogP contribution in [0, 0.1) is 13.8 Å². The van der Waals surface area contributed by atoms with Gasteiger partial charge in [0.1, 0.15) is 0 Å². The highest BCUT2D eigenvalue weighted by Gasteiger charge is 2.16. The molecule has 0 heterocycles. The van der Waals surface area contributed by atoms with Crippen LogP contribution in [0.2, 0.25) is 5.02 Å². The fourth-order valence-electron chi connectivity index (χ4n) is 2.20. The van der Waals surface area contributed by atoms with Crippen molar-refractivity contribution in [3.8, 4) is 11.5 Å². The smallest absolute Gasteiger partial charge is 0.255 e. The van der Waals surface area contributed by atoms with Crippen LogP contribution in [0.1, 0.15) is 28.4 Å². The Hall–Kier alpha value is -2.20. The minimum atomic E-state index is -0.248. The first kappa shape index (κ1) is 17.2. The number of halogens is 1. The Morgan fingerprint density at radius 1 is 1.22 bits per heavy atom. The van der Waals surface area contributed by atoms with Crippen molar-refractivity contribution in [3.05, 3.63) is 52.0 Å². The number of hydrogen-bond acceptors (Lipinski definition) is 3. The summed E-state index contributed by atoms with van der Waals surface area (Å²) in [5.41, 5.74) is 3.26. The Labute approximate surface area is 141 Å². The second kappa shape index (κ2) is 7.38. The summed E-state index contributed by atoms with van der Waals surface area (Å²) in [6, 6.07) is 9.10. The predicted octanol–water partition coefficient (Wildman–Crippen LogP) is 4.62. The molecule has 0 saturated heterocycles. The van der Waals surface area contributed by atoms with Crippen LogP contribution >= 0.6 is 11.6 Å². The van der Waals surface area contributed by atoms with Crippen LogP contribution in [0.15, 0.2) is 30.3 Å². The van der Waals surface area contributed by atoms with Gasteiger partial charge in [0.2, 0.25) is 0 Å². The Bertz CT molecular complexity index is 728. The van der Waals surface area contributed by atoms with E-state index in [9.17, 15) is 4.79 Å². The molecule has 1 N–H and O–H groups in total. The first-order valence-corrected chi connectivity index (χ1v) is 7.73. The van der Waals surface area contributed by atoms with Crippen LogP contribution in [-0.4, -0.2) is 19.6 Å². The fraction of sp³-hybridized carbons (Fsp3) is 0.278. The topological polar surface area (TPSA) is 47.6 Å². The molecular formula is C18H20ClNO3. The molecule has 0 aliphatic heterocycles. The van der Waals surface area contributed by atoms with Gasteiger partial charge >= 0.3 is 0 Å². The van der Waals surface area contributed by atoms with Crippen LogP contribution in [0.5, 0.6) is 11.5 Å². The molecule has 2 aromatic carbocycles. The van der Waals surface area contributed by atoms with E-state index in [0.717, 1.165) is 16.8 Å². The van der Waals surface area contributed by atoms with Crippen molar-refractivity contribution in [1.29, 1.82) is 0 Å². The van der Waals surface area contributed by atoms with Crippen LogP contribution in [0.3, 0.4) is 0 Å². The monoisotopic (exact) mass is 333 g/mol. The summed E-state index contributed by atoms with van der Waals surface area (Å²) in [5, 5.41) is 3.25. The van der Waals surface area contributed by atoms with Crippen molar-refractivity contribution in [2.75, 3.05) is 19.0 Å². The number of methoxy groups -OCH3 is 1. The molecule has 0 aromatic heterocycles. The Balaban J connectivity index is 2.32. The van der Waals surface area contributed by atoms with Gasteiger partial charge in [-0.2, -0.15) is 0 Å². The fourth-order valence-corrected chi connectivity index (χ4v) is 2.47. The summed E-state index contributed by atoms with van der Waals surface area (Å²) in [6.07, 6.45) is 0. The summed E-state index contributed by atoms with van der Waals surface area (Å²) in [7, 11) is 1.51. The summed E-state index contributed by atoms with van der Waals surface area (Å²) in [4.78, 5) is 12.5. The highest BCUT2D eigenvalue weighted by molar-refractivity contribution is 6.32. The molecule has 0 saturated carbocycles. The number of ether oxygens (including phenoxy) is 2. The Morgan fingerprint density at radius 2 is 1.96 bits per heavy atom. The summed E-state index contributed by atoms with van der Waals surface area (Å²) in [5.74, 6) is 0.632. The molecule has 1 amide bonds. The van der Waals surface area contributed by atoms with E-state index in [1.165, 1.54) is 7.11 Å². The molecule has 0 fully saturated rings. The molecular weight excluding hydrogens is 314 g/mol. The normalized spacial score (nSPS) is 10.3. The van der Waals surface area contributed by atoms with E-state index in [4.69, 9.17) is 21.1 Å². The van der Waals surface area contributed by atoms with Gasteiger partial charge in [-0.05, 0) is 50.1 Å². The molecule has 0 bridgehead atoms. The van der Waals surface area contributed by atoms with Gasteiger partial charge in [0, 0.05) is 11.3 Å². The van der Waals surface area contributed by atoms with Gasteiger partial charge < -0.3 is 14.8 Å². The maximum Gasteiger partial charge on any atom is 0.255 e. The summed E-state index contributed by atoms with van der Waals surface area (Å²) >= 11 is 6.21. The van der Waals surface area contributed by atoms with E-state index < -0.39 is 0 Å². The third-order valence-electron chi connectivity index (χ3n) is 3.42. The van der Waals surface area contributed by atoms with E-state index in [2.05, 4.69) is 5.32 Å². The van der Waals surface area contributed by atoms with Gasteiger partial charge in [-0.3, -0.25) is 4.79 Å². The van der Waals surface area contributed by atoms with Crippen molar-refractivity contribution in [2.24, 2.45) is 0 Å². The van der Waals surface area contributed by atoms with Crippen LogP contribution in [-0.2, 0) is 0 Å². The van der Waals surface area contributed by atoms with Crippen LogP contribution < -0.4 is 14.8 Å². The molecule has 0 atom stereocenters. The van der Waals surface area contributed by atoms with Gasteiger partial charge in [-0.15, -0.1) is 0 Å². The maximum absolute atomic E-state index is 12.5. The van der Waals surface area contributed by atoms with Gasteiger partial charge in [-0.25, -0.2) is 0 Å². The molecule has 0 radical (unpaired) electrons. The average Bonchev–Trinajstić information content (AvgIpc) is 2.52. The van der Waals surface area contributed by atoms with Gasteiger partial charge in [-0.1, -0.05) is 23.7 Å².